The molecule has 45 heavy (non-hydrogen) atoms. The fraction of sp³-hybridized carbons (Fsp3) is 0.714. The first kappa shape index (κ1) is 34.6. The lowest BCUT2D eigenvalue weighted by Gasteiger charge is -2.31. The van der Waals surface area contributed by atoms with Crippen molar-refractivity contribution in [2.75, 3.05) is 6.61 Å². The molecule has 2 aromatic rings. The first-order valence-electron chi connectivity index (χ1n) is 19.3. The summed E-state index contributed by atoms with van der Waals surface area (Å²) in [7, 11) is 0. The molecule has 0 bridgehead atoms. The van der Waals surface area contributed by atoms with Gasteiger partial charge >= 0.3 is 0 Å². The summed E-state index contributed by atoms with van der Waals surface area (Å²) in [5, 5.41) is 0. The molecular weight excluding hydrogens is 558 g/mol. The minimum absolute atomic E-state index is 0.00559. The zero-order valence-electron chi connectivity index (χ0n) is 28.6. The van der Waals surface area contributed by atoms with Crippen molar-refractivity contribution in [3.8, 4) is 0 Å². The van der Waals surface area contributed by atoms with Crippen LogP contribution in [0.2, 0.25) is 0 Å². The summed E-state index contributed by atoms with van der Waals surface area (Å²) in [4.78, 5) is 0. The quantitative estimate of drug-likeness (QED) is 0.180. The first-order chi connectivity index (χ1) is 22.1. The third-order valence-corrected chi connectivity index (χ3v) is 11.9. The fourth-order valence-corrected chi connectivity index (χ4v) is 8.93. The molecule has 2 aromatic carbocycles. The highest BCUT2D eigenvalue weighted by Gasteiger charge is 2.29. The van der Waals surface area contributed by atoms with Gasteiger partial charge in [-0.25, -0.2) is 8.78 Å². The van der Waals surface area contributed by atoms with Crippen LogP contribution < -0.4 is 0 Å². The van der Waals surface area contributed by atoms with Gasteiger partial charge in [-0.05, 0) is 147 Å². The molecule has 0 spiro atoms. The van der Waals surface area contributed by atoms with Crippen molar-refractivity contribution in [3.63, 3.8) is 0 Å². The first-order valence-corrected chi connectivity index (χ1v) is 19.3. The van der Waals surface area contributed by atoms with Gasteiger partial charge in [0.05, 0.1) is 6.10 Å². The van der Waals surface area contributed by atoms with E-state index in [1.165, 1.54) is 82.6 Å². The lowest BCUT2D eigenvalue weighted by atomic mass is 9.74. The number of hydrogen-bond donors (Lipinski definition) is 0. The molecule has 0 atom stereocenters. The second kappa shape index (κ2) is 18.0. The highest BCUT2D eigenvalue weighted by Crippen LogP contribution is 2.44. The van der Waals surface area contributed by atoms with Gasteiger partial charge in [-0.15, -0.1) is 0 Å². The Hall–Kier alpha value is -1.74. The van der Waals surface area contributed by atoms with Crippen molar-refractivity contribution in [2.24, 2.45) is 5.92 Å². The van der Waals surface area contributed by atoms with E-state index in [1.54, 1.807) is 0 Å². The summed E-state index contributed by atoms with van der Waals surface area (Å²) < 4.78 is 36.9. The SMILES string of the molecule is CCCCCCCCC1CCC(c2ccc(C3CCC(c4ccc(C5CCC(OCCCC)CC5)c(F)c4)CC3)c(F)c2)CC1. The van der Waals surface area contributed by atoms with Crippen LogP contribution in [0.1, 0.15) is 195 Å². The molecule has 0 amide bonds. The molecule has 3 aliphatic carbocycles. The predicted octanol–water partition coefficient (Wildman–Crippen LogP) is 13.3. The predicted molar refractivity (Wildman–Crippen MR) is 185 cm³/mol. The van der Waals surface area contributed by atoms with Gasteiger partial charge in [-0.1, -0.05) is 89.5 Å². The number of rotatable bonds is 15. The normalized spacial score (nSPS) is 27.5. The van der Waals surface area contributed by atoms with Crippen molar-refractivity contribution >= 4 is 0 Å². The third kappa shape index (κ3) is 9.88. The van der Waals surface area contributed by atoms with Gasteiger partial charge in [0, 0.05) is 6.61 Å². The zero-order valence-corrected chi connectivity index (χ0v) is 28.6. The maximum absolute atomic E-state index is 15.5. The van der Waals surface area contributed by atoms with Gasteiger partial charge in [0.1, 0.15) is 11.6 Å². The summed E-state index contributed by atoms with van der Waals surface area (Å²) in [5.41, 5.74) is 4.16. The second-order valence-electron chi connectivity index (χ2n) is 15.1. The van der Waals surface area contributed by atoms with E-state index in [0.717, 1.165) is 87.0 Å². The Balaban J connectivity index is 1.06. The van der Waals surface area contributed by atoms with Gasteiger partial charge < -0.3 is 4.74 Å². The Morgan fingerprint density at radius 2 is 1.00 bits per heavy atom. The maximum Gasteiger partial charge on any atom is 0.126 e. The largest absolute Gasteiger partial charge is 0.378 e. The number of halogens is 2. The Morgan fingerprint density at radius 3 is 1.53 bits per heavy atom. The van der Waals surface area contributed by atoms with Crippen molar-refractivity contribution in [2.45, 2.75) is 178 Å². The van der Waals surface area contributed by atoms with E-state index < -0.39 is 0 Å². The molecule has 250 valence electrons. The van der Waals surface area contributed by atoms with E-state index in [2.05, 4.69) is 38.1 Å². The number of ether oxygens (including phenoxy) is 1. The number of hydrogen-bond acceptors (Lipinski definition) is 1. The fourth-order valence-electron chi connectivity index (χ4n) is 8.93. The zero-order chi connectivity index (χ0) is 31.4. The Morgan fingerprint density at radius 1 is 0.533 bits per heavy atom. The minimum Gasteiger partial charge on any atom is -0.378 e. The highest BCUT2D eigenvalue weighted by molar-refractivity contribution is 5.33. The van der Waals surface area contributed by atoms with Crippen molar-refractivity contribution in [1.82, 2.24) is 0 Å². The molecule has 0 saturated heterocycles. The van der Waals surface area contributed by atoms with Gasteiger partial charge in [-0.2, -0.15) is 0 Å². The van der Waals surface area contributed by atoms with Crippen LogP contribution in [0, 0.1) is 17.6 Å². The van der Waals surface area contributed by atoms with Crippen molar-refractivity contribution in [1.29, 1.82) is 0 Å². The molecule has 3 aliphatic rings. The standard InChI is InChI=1S/C42H62F2O/c1-3-5-7-8-9-10-11-31-12-14-32(15-13-31)36-22-26-39(41(43)29-36)34-18-16-33(17-19-34)37-23-27-40(42(44)30-37)35-20-24-38(25-21-35)45-28-6-4-2/h22-23,26-27,29-35,38H,3-21,24-25,28H2,1-2H3. The number of benzene rings is 2. The van der Waals surface area contributed by atoms with Crippen LogP contribution in [0.15, 0.2) is 36.4 Å². The van der Waals surface area contributed by atoms with E-state index in [0.29, 0.717) is 23.9 Å². The van der Waals surface area contributed by atoms with Crippen LogP contribution in [-0.4, -0.2) is 12.7 Å². The van der Waals surface area contributed by atoms with Gasteiger partial charge in [0.15, 0.2) is 0 Å². The van der Waals surface area contributed by atoms with E-state index in [1.807, 2.05) is 12.1 Å². The summed E-state index contributed by atoms with van der Waals surface area (Å²) in [6, 6.07) is 12.3. The number of unbranched alkanes of at least 4 members (excludes halogenated alkanes) is 6. The lowest BCUT2D eigenvalue weighted by Crippen LogP contribution is -2.22. The molecule has 3 heteroatoms. The second-order valence-corrected chi connectivity index (χ2v) is 15.1. The molecule has 5 rings (SSSR count). The molecule has 3 fully saturated rings. The molecular formula is C42H62F2O. The molecule has 3 saturated carbocycles. The molecule has 0 radical (unpaired) electrons. The Bertz CT molecular complexity index is 1140. The molecule has 0 heterocycles. The van der Waals surface area contributed by atoms with Crippen LogP contribution >= 0.6 is 0 Å². The van der Waals surface area contributed by atoms with Crippen LogP contribution in [0.5, 0.6) is 0 Å². The van der Waals surface area contributed by atoms with Crippen LogP contribution in [-0.2, 0) is 4.74 Å². The maximum atomic E-state index is 15.5. The van der Waals surface area contributed by atoms with Crippen LogP contribution in [0.25, 0.3) is 0 Å². The van der Waals surface area contributed by atoms with Gasteiger partial charge in [0.2, 0.25) is 0 Å². The molecule has 0 aliphatic heterocycles. The lowest BCUT2D eigenvalue weighted by molar-refractivity contribution is 0.0230. The van der Waals surface area contributed by atoms with Crippen LogP contribution in [0.4, 0.5) is 8.78 Å². The highest BCUT2D eigenvalue weighted by atomic mass is 19.1. The molecule has 0 N–H and O–H groups in total. The van der Waals surface area contributed by atoms with Crippen molar-refractivity contribution in [3.05, 3.63) is 70.3 Å². The van der Waals surface area contributed by atoms with Crippen LogP contribution in [0.3, 0.4) is 0 Å². The summed E-state index contributed by atoms with van der Waals surface area (Å²) in [6.45, 7) is 5.33. The summed E-state index contributed by atoms with van der Waals surface area (Å²) in [6.07, 6.45) is 25.5. The summed E-state index contributed by atoms with van der Waals surface area (Å²) in [5.74, 6) is 2.35. The monoisotopic (exact) mass is 620 g/mol. The average molecular weight is 621 g/mol. The van der Waals surface area contributed by atoms with E-state index in [4.69, 9.17) is 4.74 Å². The summed E-state index contributed by atoms with van der Waals surface area (Å²) >= 11 is 0. The van der Waals surface area contributed by atoms with E-state index >= 15 is 8.78 Å². The topological polar surface area (TPSA) is 9.23 Å². The Labute approximate surface area is 274 Å². The molecule has 0 unspecified atom stereocenters. The third-order valence-electron chi connectivity index (χ3n) is 11.9. The smallest absolute Gasteiger partial charge is 0.126 e. The van der Waals surface area contributed by atoms with Gasteiger partial charge in [-0.3, -0.25) is 0 Å². The van der Waals surface area contributed by atoms with E-state index in [-0.39, 0.29) is 17.6 Å². The molecule has 1 nitrogen and oxygen atoms in total. The van der Waals surface area contributed by atoms with E-state index in [9.17, 15) is 0 Å². The molecule has 0 aromatic heterocycles. The minimum atomic E-state index is -0.0250. The van der Waals surface area contributed by atoms with Crippen molar-refractivity contribution < 1.29 is 13.5 Å². The average Bonchev–Trinajstić information content (AvgIpc) is 3.07. The van der Waals surface area contributed by atoms with Gasteiger partial charge in [0.25, 0.3) is 0 Å². The Kier molecular flexibility index (Phi) is 13.8.